The Labute approximate surface area is 235 Å². The molecule has 4 atom stereocenters. The van der Waals surface area contributed by atoms with Crippen LogP contribution in [-0.4, -0.2) is 5.78 Å². The predicted molar refractivity (Wildman–Crippen MR) is 162 cm³/mol. The third kappa shape index (κ3) is 2.71. The number of ketones is 1. The Bertz CT molecular complexity index is 1790. The number of allylic oxidation sites excluding steroid dienone is 8. The van der Waals surface area contributed by atoms with Crippen molar-refractivity contribution in [2.24, 2.45) is 0 Å². The van der Waals surface area contributed by atoms with E-state index in [4.69, 9.17) is 0 Å². The highest BCUT2D eigenvalue weighted by molar-refractivity contribution is 6.12. The summed E-state index contributed by atoms with van der Waals surface area (Å²) in [4.78, 5) is 15.0. The second kappa shape index (κ2) is 7.92. The molecule has 0 saturated carbocycles. The van der Waals surface area contributed by atoms with Crippen molar-refractivity contribution < 1.29 is 4.79 Å². The average Bonchev–Trinajstić information content (AvgIpc) is 3.65. The van der Waals surface area contributed by atoms with Gasteiger partial charge in [-0.3, -0.25) is 4.79 Å². The van der Waals surface area contributed by atoms with Gasteiger partial charge < -0.3 is 0 Å². The average molecular weight is 515 g/mol. The predicted octanol–water partition coefficient (Wildman–Crippen LogP) is 9.01. The normalized spacial score (nSPS) is 25.2. The highest BCUT2D eigenvalue weighted by atomic mass is 16.1. The van der Waals surface area contributed by atoms with E-state index in [-0.39, 0.29) is 23.7 Å². The minimum absolute atomic E-state index is 0.155. The first-order valence-electron chi connectivity index (χ1n) is 14.7. The number of carbonyl (C=O) groups excluding carboxylic acids is 1. The van der Waals surface area contributed by atoms with Gasteiger partial charge in [-0.1, -0.05) is 97.1 Å². The van der Waals surface area contributed by atoms with E-state index in [1.54, 1.807) is 0 Å². The monoisotopic (exact) mass is 514 g/mol. The third-order valence-corrected chi connectivity index (χ3v) is 10.3. The van der Waals surface area contributed by atoms with Gasteiger partial charge in [-0.05, 0) is 104 Å². The third-order valence-electron chi connectivity index (χ3n) is 10.3. The van der Waals surface area contributed by atoms with Crippen molar-refractivity contribution in [2.45, 2.75) is 50.4 Å². The molecule has 0 heterocycles. The number of fused-ring (bicyclic) bond motifs is 2. The molecule has 0 fully saturated rings. The summed E-state index contributed by atoms with van der Waals surface area (Å²) in [5.74, 6) is 0.424. The maximum absolute atomic E-state index is 15.0. The first-order chi connectivity index (χ1) is 19.6. The Morgan fingerprint density at radius 2 is 1.02 bits per heavy atom. The van der Waals surface area contributed by atoms with Gasteiger partial charge in [0.15, 0.2) is 5.78 Å². The molecular formula is C39H30O. The van der Waals surface area contributed by atoms with Gasteiger partial charge in [0, 0.05) is 11.8 Å². The van der Waals surface area contributed by atoms with Crippen LogP contribution in [0.5, 0.6) is 0 Å². The molecule has 0 saturated heterocycles. The standard InChI is InChI=1S/C39H30O/c1-21-19-29-32(23-11-5-3-6-12-23)25-15-9-17-27(25)36-34(29)38-31(21)22(2)20-30-33(24-13-7-4-8-14-24)26-16-10-18-28(26)37(35(30)38)39(36)40/h3-16,19-20,32-33,36-37H,17-18H2,1-2H3. The summed E-state index contributed by atoms with van der Waals surface area (Å²) in [7, 11) is 0. The van der Waals surface area contributed by atoms with Crippen molar-refractivity contribution in [2.75, 3.05) is 0 Å². The zero-order chi connectivity index (χ0) is 26.7. The lowest BCUT2D eigenvalue weighted by molar-refractivity contribution is -0.120. The number of benzene rings is 4. The summed E-state index contributed by atoms with van der Waals surface area (Å²) in [5, 5.41) is 2.75. The van der Waals surface area contributed by atoms with E-state index in [1.165, 1.54) is 77.6 Å². The molecule has 0 amide bonds. The van der Waals surface area contributed by atoms with Gasteiger partial charge in [0.2, 0.25) is 0 Å². The summed E-state index contributed by atoms with van der Waals surface area (Å²) < 4.78 is 0. The highest BCUT2D eigenvalue weighted by Gasteiger charge is 2.50. The van der Waals surface area contributed by atoms with E-state index in [9.17, 15) is 4.79 Å². The van der Waals surface area contributed by atoms with Crippen molar-refractivity contribution in [1.82, 2.24) is 0 Å². The molecular weight excluding hydrogens is 484 g/mol. The van der Waals surface area contributed by atoms with Crippen LogP contribution in [0, 0.1) is 13.8 Å². The molecule has 4 aromatic carbocycles. The summed E-state index contributed by atoms with van der Waals surface area (Å²) in [6.07, 6.45) is 11.0. The molecule has 0 bridgehead atoms. The molecule has 0 aromatic heterocycles. The van der Waals surface area contributed by atoms with E-state index >= 15 is 0 Å². The molecule has 1 heteroatoms. The molecule has 0 aliphatic heterocycles. The fourth-order valence-electron chi connectivity index (χ4n) is 8.97. The van der Waals surface area contributed by atoms with E-state index < -0.39 is 0 Å². The Kier molecular flexibility index (Phi) is 4.47. The van der Waals surface area contributed by atoms with Crippen molar-refractivity contribution in [3.63, 3.8) is 0 Å². The minimum Gasteiger partial charge on any atom is -0.298 e. The lowest BCUT2D eigenvalue weighted by Crippen LogP contribution is -2.35. The summed E-state index contributed by atoms with van der Waals surface area (Å²) in [5.41, 5.74) is 16.0. The number of carbonyl (C=O) groups is 1. The molecule has 4 aromatic rings. The van der Waals surface area contributed by atoms with Crippen LogP contribution in [-0.2, 0) is 4.79 Å². The molecule has 0 spiro atoms. The van der Waals surface area contributed by atoms with E-state index in [0.717, 1.165) is 12.8 Å². The molecule has 0 N–H and O–H groups in total. The van der Waals surface area contributed by atoms with Crippen LogP contribution in [0.1, 0.15) is 81.0 Å². The first kappa shape index (κ1) is 22.6. The molecule has 9 rings (SSSR count). The smallest absolute Gasteiger partial charge is 0.155 e. The van der Waals surface area contributed by atoms with Gasteiger partial charge in [0.25, 0.3) is 0 Å². The zero-order valence-corrected chi connectivity index (χ0v) is 22.9. The van der Waals surface area contributed by atoms with Crippen LogP contribution < -0.4 is 0 Å². The number of hydrogen-bond acceptors (Lipinski definition) is 1. The van der Waals surface area contributed by atoms with Crippen LogP contribution in [0.2, 0.25) is 0 Å². The van der Waals surface area contributed by atoms with Crippen LogP contribution in [0.15, 0.2) is 119 Å². The highest BCUT2D eigenvalue weighted by Crippen LogP contribution is 2.62. The van der Waals surface area contributed by atoms with E-state index in [0.29, 0.717) is 5.78 Å². The maximum atomic E-state index is 15.0. The van der Waals surface area contributed by atoms with Crippen molar-refractivity contribution in [3.8, 4) is 0 Å². The molecule has 192 valence electrons. The lowest BCUT2D eigenvalue weighted by atomic mass is 9.57. The molecule has 1 nitrogen and oxygen atoms in total. The topological polar surface area (TPSA) is 17.1 Å². The zero-order valence-electron chi connectivity index (χ0n) is 22.9. The minimum atomic E-state index is -0.155. The SMILES string of the molecule is Cc1cc2c3c4c5c(cc(C)c14)C(c1ccccc1)C1=C(CC=C1)C5C(=O)C3C1=C(C=CC1)C2c1ccccc1. The van der Waals surface area contributed by atoms with Gasteiger partial charge >= 0.3 is 0 Å². The van der Waals surface area contributed by atoms with E-state index in [2.05, 4.69) is 111 Å². The second-order valence-electron chi connectivity index (χ2n) is 12.3. The van der Waals surface area contributed by atoms with Gasteiger partial charge in [-0.15, -0.1) is 0 Å². The first-order valence-corrected chi connectivity index (χ1v) is 14.7. The Hall–Kier alpha value is -4.23. The van der Waals surface area contributed by atoms with Crippen molar-refractivity contribution in [1.29, 1.82) is 0 Å². The number of aryl methyl sites for hydroxylation is 2. The molecule has 40 heavy (non-hydrogen) atoms. The Morgan fingerprint density at radius 3 is 1.48 bits per heavy atom. The summed E-state index contributed by atoms with van der Waals surface area (Å²) >= 11 is 0. The molecule has 5 aliphatic rings. The number of hydrogen-bond donors (Lipinski definition) is 0. The maximum Gasteiger partial charge on any atom is 0.155 e. The fourth-order valence-corrected chi connectivity index (χ4v) is 8.97. The van der Waals surface area contributed by atoms with Crippen LogP contribution in [0.4, 0.5) is 0 Å². The Balaban J connectivity index is 1.45. The summed E-state index contributed by atoms with van der Waals surface area (Å²) in [6.45, 7) is 4.57. The fraction of sp³-hybridized carbons (Fsp3) is 0.205. The Morgan fingerprint density at radius 1 is 0.575 bits per heavy atom. The van der Waals surface area contributed by atoms with Gasteiger partial charge in [-0.2, -0.15) is 0 Å². The molecule has 5 aliphatic carbocycles. The van der Waals surface area contributed by atoms with Crippen LogP contribution >= 0.6 is 0 Å². The summed E-state index contributed by atoms with van der Waals surface area (Å²) in [6, 6.07) is 26.7. The second-order valence-corrected chi connectivity index (χ2v) is 12.3. The number of Topliss-reactive ketones (excluding diaryl/α,β-unsaturated/α-hetero) is 1. The molecule has 4 unspecified atom stereocenters. The van der Waals surface area contributed by atoms with Gasteiger partial charge in [-0.25, -0.2) is 0 Å². The van der Waals surface area contributed by atoms with Gasteiger partial charge in [0.05, 0.1) is 11.8 Å². The van der Waals surface area contributed by atoms with Crippen molar-refractivity contribution in [3.05, 3.63) is 164 Å². The molecule has 0 radical (unpaired) electrons. The van der Waals surface area contributed by atoms with Crippen LogP contribution in [0.25, 0.3) is 10.8 Å². The van der Waals surface area contributed by atoms with E-state index in [1.807, 2.05) is 0 Å². The number of rotatable bonds is 2. The van der Waals surface area contributed by atoms with Gasteiger partial charge in [0.1, 0.15) is 0 Å². The van der Waals surface area contributed by atoms with Crippen molar-refractivity contribution >= 4 is 16.6 Å². The van der Waals surface area contributed by atoms with Crippen LogP contribution in [0.3, 0.4) is 0 Å². The largest absolute Gasteiger partial charge is 0.298 e. The lowest BCUT2D eigenvalue weighted by Gasteiger charge is -2.44. The quantitative estimate of drug-likeness (QED) is 0.261.